The molecule has 0 aliphatic carbocycles. The van der Waals surface area contributed by atoms with Gasteiger partial charge in [0.2, 0.25) is 17.7 Å². The van der Waals surface area contributed by atoms with Crippen molar-refractivity contribution in [3.05, 3.63) is 24.3 Å². The van der Waals surface area contributed by atoms with Crippen molar-refractivity contribution in [2.75, 3.05) is 32.8 Å². The lowest BCUT2D eigenvalue weighted by Crippen LogP contribution is -2.59. The molecule has 0 saturated carbocycles. The summed E-state index contributed by atoms with van der Waals surface area (Å²) in [4.78, 5) is 47.3. The molecular formula is C27H41N3O5. The largest absolute Gasteiger partial charge is 0.394 e. The van der Waals surface area contributed by atoms with Crippen molar-refractivity contribution >= 4 is 17.7 Å². The van der Waals surface area contributed by atoms with Crippen molar-refractivity contribution in [1.82, 2.24) is 14.7 Å². The SMILES string of the molecule is CCCCN1CC=C[C@]23O[C@@H]4C=CCN(CCC)C(=O)[C@@H]4[C@H]2C(=O)N([C@@H](CO)[C@@H](C)CC)C3C1=O. The molecule has 8 heteroatoms. The number of ether oxygens (including phenoxy) is 1. The highest BCUT2D eigenvalue weighted by molar-refractivity contribution is 6.00. The molecule has 3 amide bonds. The fraction of sp³-hybridized carbons (Fsp3) is 0.741. The number of aliphatic hydroxyl groups is 1. The maximum atomic E-state index is 14.3. The number of rotatable bonds is 9. The van der Waals surface area contributed by atoms with Crippen molar-refractivity contribution in [2.45, 2.75) is 77.2 Å². The molecule has 0 aromatic rings. The molecule has 1 spiro atoms. The van der Waals surface area contributed by atoms with Crippen LogP contribution in [-0.2, 0) is 19.1 Å². The normalized spacial score (nSPS) is 34.0. The van der Waals surface area contributed by atoms with Crippen LogP contribution >= 0.6 is 0 Å². The molecule has 8 nitrogen and oxygen atoms in total. The Balaban J connectivity index is 1.83. The molecule has 2 saturated heterocycles. The first-order valence-corrected chi connectivity index (χ1v) is 13.4. The summed E-state index contributed by atoms with van der Waals surface area (Å²) in [5, 5.41) is 10.4. The van der Waals surface area contributed by atoms with Crippen molar-refractivity contribution in [3.63, 3.8) is 0 Å². The van der Waals surface area contributed by atoms with Gasteiger partial charge in [0.05, 0.1) is 30.6 Å². The maximum absolute atomic E-state index is 14.3. The molecule has 2 fully saturated rings. The smallest absolute Gasteiger partial charge is 0.249 e. The fourth-order valence-corrected chi connectivity index (χ4v) is 6.37. The first kappa shape index (κ1) is 25.9. The Bertz CT molecular complexity index is 888. The van der Waals surface area contributed by atoms with Crippen LogP contribution < -0.4 is 0 Å². The van der Waals surface area contributed by atoms with E-state index in [-0.39, 0.29) is 30.2 Å². The van der Waals surface area contributed by atoms with Crippen LogP contribution in [0.15, 0.2) is 24.3 Å². The summed E-state index contributed by atoms with van der Waals surface area (Å²) >= 11 is 0. The number of fused-ring (bicyclic) bond motifs is 2. The van der Waals surface area contributed by atoms with E-state index in [4.69, 9.17) is 4.74 Å². The Morgan fingerprint density at radius 1 is 1.03 bits per heavy atom. The van der Waals surface area contributed by atoms with Crippen LogP contribution in [0, 0.1) is 17.8 Å². The van der Waals surface area contributed by atoms with Crippen LogP contribution in [0.1, 0.15) is 53.4 Å². The highest BCUT2D eigenvalue weighted by Crippen LogP contribution is 2.54. The number of hydrogen-bond acceptors (Lipinski definition) is 5. The minimum atomic E-state index is -1.22. The predicted octanol–water partition coefficient (Wildman–Crippen LogP) is 1.98. The molecule has 4 heterocycles. The summed E-state index contributed by atoms with van der Waals surface area (Å²) in [5.74, 6) is -1.99. The van der Waals surface area contributed by atoms with Gasteiger partial charge >= 0.3 is 0 Å². The van der Waals surface area contributed by atoms with E-state index in [0.717, 1.165) is 25.7 Å². The molecule has 7 atom stereocenters. The zero-order valence-electron chi connectivity index (χ0n) is 21.6. The average molecular weight is 488 g/mol. The molecule has 35 heavy (non-hydrogen) atoms. The second-order valence-corrected chi connectivity index (χ2v) is 10.5. The van der Waals surface area contributed by atoms with Crippen molar-refractivity contribution in [1.29, 1.82) is 0 Å². The lowest BCUT2D eigenvalue weighted by Gasteiger charge is -2.40. The van der Waals surface area contributed by atoms with Crippen molar-refractivity contribution in [3.8, 4) is 0 Å². The quantitative estimate of drug-likeness (QED) is 0.503. The Labute approximate surface area is 208 Å². The number of likely N-dealkylation sites (tertiary alicyclic amines) is 1. The Hall–Kier alpha value is -2.19. The minimum Gasteiger partial charge on any atom is -0.394 e. The second kappa shape index (κ2) is 10.4. The third-order valence-electron chi connectivity index (χ3n) is 8.38. The summed E-state index contributed by atoms with van der Waals surface area (Å²) in [5.41, 5.74) is -1.22. The Kier molecular flexibility index (Phi) is 7.71. The zero-order valence-corrected chi connectivity index (χ0v) is 21.6. The third-order valence-corrected chi connectivity index (χ3v) is 8.38. The van der Waals surface area contributed by atoms with Gasteiger partial charge in [-0.1, -0.05) is 64.8 Å². The van der Waals surface area contributed by atoms with E-state index in [0.29, 0.717) is 26.2 Å². The lowest BCUT2D eigenvalue weighted by atomic mass is 9.77. The number of hydrogen-bond donors (Lipinski definition) is 1. The molecule has 4 aliphatic heterocycles. The summed E-state index contributed by atoms with van der Waals surface area (Å²) in [6.45, 7) is 10.0. The van der Waals surface area contributed by atoms with Crippen LogP contribution in [0.4, 0.5) is 0 Å². The number of carbonyl (C=O) groups is 3. The van der Waals surface area contributed by atoms with E-state index in [1.165, 1.54) is 0 Å². The number of aliphatic hydroxyl groups excluding tert-OH is 1. The molecule has 0 bridgehead atoms. The van der Waals surface area contributed by atoms with Gasteiger partial charge in [-0.25, -0.2) is 0 Å². The van der Waals surface area contributed by atoms with Crippen LogP contribution in [0.2, 0.25) is 0 Å². The van der Waals surface area contributed by atoms with E-state index in [2.05, 4.69) is 6.92 Å². The first-order valence-electron chi connectivity index (χ1n) is 13.4. The van der Waals surface area contributed by atoms with Gasteiger partial charge in [-0.15, -0.1) is 0 Å². The summed E-state index contributed by atoms with van der Waals surface area (Å²) in [7, 11) is 0. The van der Waals surface area contributed by atoms with E-state index >= 15 is 0 Å². The van der Waals surface area contributed by atoms with Crippen LogP contribution in [0.5, 0.6) is 0 Å². The molecule has 0 radical (unpaired) electrons. The van der Waals surface area contributed by atoms with Gasteiger partial charge in [0, 0.05) is 26.2 Å². The molecular weight excluding hydrogens is 446 g/mol. The monoisotopic (exact) mass is 487 g/mol. The van der Waals surface area contributed by atoms with Gasteiger partial charge in [0.25, 0.3) is 0 Å². The maximum Gasteiger partial charge on any atom is 0.249 e. The van der Waals surface area contributed by atoms with Gasteiger partial charge in [-0.3, -0.25) is 14.4 Å². The average Bonchev–Trinajstić information content (AvgIpc) is 3.17. The van der Waals surface area contributed by atoms with E-state index < -0.39 is 35.6 Å². The minimum absolute atomic E-state index is 0.0129. The van der Waals surface area contributed by atoms with Gasteiger partial charge in [0.1, 0.15) is 11.6 Å². The summed E-state index contributed by atoms with van der Waals surface area (Å²) in [6.07, 6.45) is 10.5. The Morgan fingerprint density at radius 2 is 1.74 bits per heavy atom. The first-order chi connectivity index (χ1) is 16.9. The van der Waals surface area contributed by atoms with Crippen LogP contribution in [-0.4, -0.2) is 94.1 Å². The molecule has 4 aliphatic rings. The highest BCUT2D eigenvalue weighted by Gasteiger charge is 2.72. The zero-order chi connectivity index (χ0) is 25.3. The number of carbonyl (C=O) groups excluding carboxylic acids is 3. The number of amides is 3. The van der Waals surface area contributed by atoms with E-state index in [9.17, 15) is 19.5 Å². The van der Waals surface area contributed by atoms with Crippen molar-refractivity contribution < 1.29 is 24.2 Å². The van der Waals surface area contributed by atoms with Gasteiger partial charge in [-0.2, -0.15) is 0 Å². The van der Waals surface area contributed by atoms with E-state index in [1.807, 2.05) is 45.1 Å². The fourth-order valence-electron chi connectivity index (χ4n) is 6.37. The summed E-state index contributed by atoms with van der Waals surface area (Å²) in [6, 6.07) is -1.41. The van der Waals surface area contributed by atoms with Crippen LogP contribution in [0.25, 0.3) is 0 Å². The molecule has 194 valence electrons. The van der Waals surface area contributed by atoms with Crippen molar-refractivity contribution in [2.24, 2.45) is 17.8 Å². The predicted molar refractivity (Wildman–Crippen MR) is 132 cm³/mol. The third kappa shape index (κ3) is 4.12. The van der Waals surface area contributed by atoms with Gasteiger partial charge < -0.3 is 24.5 Å². The standard InChI is InChI=1S/C27H41N3O5/c1-5-8-14-29-16-10-12-27-22(21-20(35-27)11-9-15-28(13-6-2)24(21)32)25(33)30(23(27)26(29)34)19(17-31)18(4)7-3/h9-12,18-23,31H,5-8,13-17H2,1-4H3/t18-,19-,20+,21-,22-,23?,27-/m0/s1. The second-order valence-electron chi connectivity index (χ2n) is 10.5. The number of nitrogens with zero attached hydrogens (tertiary/aromatic N) is 3. The Morgan fingerprint density at radius 3 is 2.40 bits per heavy atom. The van der Waals surface area contributed by atoms with E-state index in [1.54, 1.807) is 14.7 Å². The topological polar surface area (TPSA) is 90.4 Å². The molecule has 1 N–H and O–H groups in total. The number of unbranched alkanes of at least 4 members (excludes halogenated alkanes) is 1. The molecule has 1 unspecified atom stereocenters. The van der Waals surface area contributed by atoms with Gasteiger partial charge in [-0.05, 0) is 18.8 Å². The molecule has 4 rings (SSSR count). The lowest BCUT2D eigenvalue weighted by molar-refractivity contribution is -0.152. The summed E-state index contributed by atoms with van der Waals surface area (Å²) < 4.78 is 6.66. The molecule has 0 aromatic carbocycles. The highest BCUT2D eigenvalue weighted by atomic mass is 16.5. The van der Waals surface area contributed by atoms with Gasteiger partial charge in [0.15, 0.2) is 0 Å². The van der Waals surface area contributed by atoms with Crippen LogP contribution in [0.3, 0.4) is 0 Å². The molecule has 0 aromatic heterocycles.